The molecular weight excluding hydrogens is 372 g/mol. The van der Waals surface area contributed by atoms with E-state index in [9.17, 15) is 0 Å². The van der Waals surface area contributed by atoms with Gasteiger partial charge >= 0.3 is 0 Å². The van der Waals surface area contributed by atoms with Gasteiger partial charge in [-0.3, -0.25) is 5.73 Å². The number of aliphatic imine (C=N–C) groups is 1. The minimum absolute atomic E-state index is 0.899. The number of benzene rings is 2. The van der Waals surface area contributed by atoms with E-state index in [0.717, 1.165) is 62.6 Å². The summed E-state index contributed by atoms with van der Waals surface area (Å²) in [6.45, 7) is 8.57. The minimum atomic E-state index is -0.977. The van der Waals surface area contributed by atoms with Crippen molar-refractivity contribution in [1.82, 2.24) is 20.9 Å². The molecule has 1 unspecified atom stereocenters. The molecule has 2 aromatic rings. The maximum atomic E-state index is 6.66. The Bertz CT molecular complexity index is 915. The van der Waals surface area contributed by atoms with Crippen LogP contribution in [0.3, 0.4) is 0 Å². The lowest BCUT2D eigenvalue weighted by Gasteiger charge is -2.32. The smallest absolute Gasteiger partial charge is 0.210 e. The van der Waals surface area contributed by atoms with Crippen molar-refractivity contribution >= 4 is 6.21 Å². The average molecular weight is 405 g/mol. The fraction of sp³-hybridized carbons (Fsp3) is 0.375. The first-order chi connectivity index (χ1) is 14.6. The molecule has 6 nitrogen and oxygen atoms in total. The van der Waals surface area contributed by atoms with E-state index < -0.39 is 5.79 Å². The second-order valence-electron chi connectivity index (χ2n) is 8.07. The summed E-state index contributed by atoms with van der Waals surface area (Å²) in [6.07, 6.45) is 4.82. The first kappa shape index (κ1) is 20.6. The Balaban J connectivity index is 1.37. The van der Waals surface area contributed by atoms with Crippen LogP contribution in [-0.4, -0.2) is 50.4 Å². The van der Waals surface area contributed by atoms with Gasteiger partial charge in [0.05, 0.1) is 0 Å². The molecule has 0 aliphatic carbocycles. The van der Waals surface area contributed by atoms with Gasteiger partial charge in [-0.15, -0.1) is 0 Å². The first-order valence-electron chi connectivity index (χ1n) is 10.8. The zero-order chi connectivity index (χ0) is 20.8. The van der Waals surface area contributed by atoms with E-state index in [2.05, 4.69) is 69.2 Å². The highest BCUT2D eigenvalue weighted by Gasteiger charge is 2.28. The van der Waals surface area contributed by atoms with Crippen LogP contribution < -0.4 is 21.7 Å². The van der Waals surface area contributed by atoms with E-state index in [-0.39, 0.29) is 0 Å². The highest BCUT2D eigenvalue weighted by Crippen LogP contribution is 2.26. The zero-order valence-electron chi connectivity index (χ0n) is 17.7. The molecule has 6 heteroatoms. The van der Waals surface area contributed by atoms with E-state index in [1.54, 1.807) is 6.21 Å². The molecule has 0 bridgehead atoms. The topological polar surface area (TPSA) is 77.7 Å². The highest BCUT2D eigenvalue weighted by atomic mass is 15.3. The van der Waals surface area contributed by atoms with Crippen molar-refractivity contribution in [3.63, 3.8) is 0 Å². The molecule has 0 amide bonds. The van der Waals surface area contributed by atoms with Crippen molar-refractivity contribution in [2.75, 3.05) is 39.3 Å². The number of nitrogens with zero attached hydrogens (tertiary/aromatic N) is 2. The van der Waals surface area contributed by atoms with Crippen molar-refractivity contribution in [3.05, 3.63) is 71.6 Å². The monoisotopic (exact) mass is 404 g/mol. The third-order valence-electron chi connectivity index (χ3n) is 5.67. The van der Waals surface area contributed by atoms with Crippen LogP contribution in [0.15, 0.2) is 65.4 Å². The number of nitrogens with two attached hydrogens (primary N) is 1. The predicted molar refractivity (Wildman–Crippen MR) is 124 cm³/mol. The van der Waals surface area contributed by atoms with Gasteiger partial charge in [-0.2, -0.15) is 0 Å². The van der Waals surface area contributed by atoms with Gasteiger partial charge in [0.2, 0.25) is 5.79 Å². The van der Waals surface area contributed by atoms with E-state index in [1.165, 1.54) is 11.1 Å². The molecule has 0 aromatic heterocycles. The van der Waals surface area contributed by atoms with Gasteiger partial charge in [-0.25, -0.2) is 4.99 Å². The van der Waals surface area contributed by atoms with E-state index in [4.69, 9.17) is 5.73 Å². The van der Waals surface area contributed by atoms with Gasteiger partial charge in [0.25, 0.3) is 0 Å². The summed E-state index contributed by atoms with van der Waals surface area (Å²) in [4.78, 5) is 7.05. The third kappa shape index (κ3) is 5.08. The van der Waals surface area contributed by atoms with Crippen LogP contribution in [0, 0.1) is 6.92 Å². The molecule has 0 saturated carbocycles. The van der Waals surface area contributed by atoms with Crippen LogP contribution in [0.1, 0.15) is 17.5 Å². The molecule has 1 saturated heterocycles. The Kier molecular flexibility index (Phi) is 6.47. The number of nitrogens with one attached hydrogen (secondary N) is 3. The highest BCUT2D eigenvalue weighted by molar-refractivity contribution is 5.74. The Labute approximate surface area is 179 Å². The molecule has 4 rings (SSSR count). The summed E-state index contributed by atoms with van der Waals surface area (Å²) >= 11 is 0. The number of piperazine rings is 1. The number of hydrogen-bond acceptors (Lipinski definition) is 6. The quantitative estimate of drug-likeness (QED) is 0.532. The summed E-state index contributed by atoms with van der Waals surface area (Å²) in [5.74, 6) is -0.0658. The summed E-state index contributed by atoms with van der Waals surface area (Å²) in [5, 5.41) is 10.3. The van der Waals surface area contributed by atoms with E-state index in [0.29, 0.717) is 0 Å². The number of rotatable bonds is 7. The van der Waals surface area contributed by atoms with Crippen LogP contribution in [0.5, 0.6) is 0 Å². The number of allylic oxidation sites excluding steroid dienone is 1. The number of hydrogen-bond donors (Lipinski definition) is 4. The SMILES string of the molecule is Cc1cccc(-c2cccc(C3(N)N=CC=C(NCCCN4CCNCC4)N3)c2)c1. The normalized spacial score (nSPS) is 21.7. The lowest BCUT2D eigenvalue weighted by Crippen LogP contribution is -2.52. The molecule has 2 heterocycles. The van der Waals surface area contributed by atoms with Crippen molar-refractivity contribution < 1.29 is 0 Å². The van der Waals surface area contributed by atoms with Gasteiger partial charge < -0.3 is 20.9 Å². The molecule has 30 heavy (non-hydrogen) atoms. The molecule has 1 fully saturated rings. The molecule has 0 radical (unpaired) electrons. The second kappa shape index (κ2) is 9.43. The van der Waals surface area contributed by atoms with Gasteiger partial charge in [0, 0.05) is 44.5 Å². The standard InChI is InChI=1S/C24H32N6/c1-19-5-2-6-20(17-19)21-7-3-8-22(18-21)24(25)28-11-9-23(29-24)27-10-4-14-30-15-12-26-13-16-30/h2-3,5-9,11,17-18,26-27,29H,4,10,12-16,25H2,1H3. The molecule has 2 aliphatic heterocycles. The molecule has 0 spiro atoms. The molecule has 2 aromatic carbocycles. The maximum absolute atomic E-state index is 6.66. The molecular formula is C24H32N6. The Morgan fingerprint density at radius 1 is 1.10 bits per heavy atom. The molecule has 5 N–H and O–H groups in total. The van der Waals surface area contributed by atoms with Gasteiger partial charge in [0.15, 0.2) is 0 Å². The van der Waals surface area contributed by atoms with Crippen molar-refractivity contribution in [2.45, 2.75) is 19.1 Å². The van der Waals surface area contributed by atoms with E-state index >= 15 is 0 Å². The summed E-state index contributed by atoms with van der Waals surface area (Å²) in [7, 11) is 0. The van der Waals surface area contributed by atoms with Gasteiger partial charge in [0.1, 0.15) is 5.82 Å². The van der Waals surface area contributed by atoms with Crippen molar-refractivity contribution in [3.8, 4) is 11.1 Å². The first-order valence-corrected chi connectivity index (χ1v) is 10.8. The third-order valence-corrected chi connectivity index (χ3v) is 5.67. The Morgan fingerprint density at radius 3 is 2.67 bits per heavy atom. The molecule has 1 atom stereocenters. The Hall–Kier alpha value is -2.67. The fourth-order valence-electron chi connectivity index (χ4n) is 3.98. The minimum Gasteiger partial charge on any atom is -0.372 e. The predicted octanol–water partition coefficient (Wildman–Crippen LogP) is 2.13. The van der Waals surface area contributed by atoms with Crippen LogP contribution in [-0.2, 0) is 5.79 Å². The Morgan fingerprint density at radius 2 is 1.87 bits per heavy atom. The van der Waals surface area contributed by atoms with Crippen molar-refractivity contribution in [2.24, 2.45) is 10.7 Å². The van der Waals surface area contributed by atoms with Crippen LogP contribution in [0.4, 0.5) is 0 Å². The lowest BCUT2D eigenvalue weighted by molar-refractivity contribution is 0.238. The van der Waals surface area contributed by atoms with Crippen LogP contribution >= 0.6 is 0 Å². The van der Waals surface area contributed by atoms with Gasteiger partial charge in [-0.05, 0) is 43.2 Å². The molecule has 158 valence electrons. The second-order valence-corrected chi connectivity index (χ2v) is 8.07. The van der Waals surface area contributed by atoms with Crippen molar-refractivity contribution in [1.29, 1.82) is 0 Å². The van der Waals surface area contributed by atoms with E-state index in [1.807, 2.05) is 18.2 Å². The lowest BCUT2D eigenvalue weighted by atomic mass is 9.98. The largest absolute Gasteiger partial charge is 0.372 e. The van der Waals surface area contributed by atoms with Crippen LogP contribution in [0.2, 0.25) is 0 Å². The van der Waals surface area contributed by atoms with Gasteiger partial charge in [-0.1, -0.05) is 48.0 Å². The summed E-state index contributed by atoms with van der Waals surface area (Å²) in [5.41, 5.74) is 11.2. The summed E-state index contributed by atoms with van der Waals surface area (Å²) in [6, 6.07) is 16.8. The number of aryl methyl sites for hydroxylation is 1. The molecule has 2 aliphatic rings. The maximum Gasteiger partial charge on any atom is 0.210 e. The summed E-state index contributed by atoms with van der Waals surface area (Å²) < 4.78 is 0. The van der Waals surface area contributed by atoms with Crippen LogP contribution in [0.25, 0.3) is 11.1 Å². The zero-order valence-corrected chi connectivity index (χ0v) is 17.7. The average Bonchev–Trinajstić information content (AvgIpc) is 2.78. The fourth-order valence-corrected chi connectivity index (χ4v) is 3.98.